The zero-order chi connectivity index (χ0) is 13.8. The van der Waals surface area contributed by atoms with Crippen LogP contribution in [0.4, 0.5) is 10.7 Å². The third kappa shape index (κ3) is 1.39. The molecule has 1 aliphatic rings. The molecular formula is C13H14N4O2. The van der Waals surface area contributed by atoms with Gasteiger partial charge in [0.25, 0.3) is 0 Å². The highest BCUT2D eigenvalue weighted by Crippen LogP contribution is 2.29. The van der Waals surface area contributed by atoms with Gasteiger partial charge in [-0.15, -0.1) is 0 Å². The van der Waals surface area contributed by atoms with Crippen molar-refractivity contribution < 1.29 is 9.59 Å². The monoisotopic (exact) mass is 258 g/mol. The number of rotatable bonds is 1. The smallest absolute Gasteiger partial charge is 0.326 e. The number of anilines is 1. The molecule has 1 aromatic heterocycles. The maximum absolute atomic E-state index is 12.5. The number of benzene rings is 1. The lowest BCUT2D eigenvalue weighted by molar-refractivity contribution is -0.124. The minimum absolute atomic E-state index is 0.137. The van der Waals surface area contributed by atoms with Crippen LogP contribution in [0.15, 0.2) is 24.3 Å². The van der Waals surface area contributed by atoms with Gasteiger partial charge >= 0.3 is 6.03 Å². The van der Waals surface area contributed by atoms with Crippen LogP contribution in [0.1, 0.15) is 13.8 Å². The first-order valence-electron chi connectivity index (χ1n) is 6.00. The molecule has 0 aliphatic carbocycles. The Bertz CT molecular complexity index is 706. The molecule has 0 bridgehead atoms. The fourth-order valence-corrected chi connectivity index (χ4v) is 2.27. The van der Waals surface area contributed by atoms with Crippen molar-refractivity contribution in [1.82, 2.24) is 14.5 Å². The van der Waals surface area contributed by atoms with Crippen molar-refractivity contribution in [3.05, 3.63) is 24.3 Å². The molecule has 3 rings (SSSR count). The van der Waals surface area contributed by atoms with Crippen LogP contribution in [-0.4, -0.2) is 39.0 Å². The average molecular weight is 258 g/mol. The van der Waals surface area contributed by atoms with Crippen LogP contribution in [0.3, 0.4) is 0 Å². The molecule has 1 aliphatic heterocycles. The molecule has 19 heavy (non-hydrogen) atoms. The van der Waals surface area contributed by atoms with Gasteiger partial charge in [0.1, 0.15) is 0 Å². The second-order valence-electron chi connectivity index (χ2n) is 4.85. The Morgan fingerprint density at radius 1 is 1.37 bits per heavy atom. The summed E-state index contributed by atoms with van der Waals surface area (Å²) in [5, 5.41) is 3.05. The van der Waals surface area contributed by atoms with Crippen molar-refractivity contribution >= 4 is 28.8 Å². The summed E-state index contributed by atoms with van der Waals surface area (Å²) in [6.07, 6.45) is 0. The van der Waals surface area contributed by atoms with Gasteiger partial charge in [0.2, 0.25) is 5.95 Å². The maximum atomic E-state index is 12.5. The van der Waals surface area contributed by atoms with Crippen LogP contribution in [0.5, 0.6) is 0 Å². The fourth-order valence-electron chi connectivity index (χ4n) is 2.27. The van der Waals surface area contributed by atoms with Crippen LogP contribution >= 0.6 is 0 Å². The Balaban J connectivity index is 2.26. The molecule has 0 spiro atoms. The van der Waals surface area contributed by atoms with Crippen molar-refractivity contribution in [2.24, 2.45) is 0 Å². The first kappa shape index (κ1) is 11.7. The van der Waals surface area contributed by atoms with E-state index in [1.54, 1.807) is 14.0 Å². The summed E-state index contributed by atoms with van der Waals surface area (Å²) in [6.45, 7) is 3.13. The van der Waals surface area contributed by atoms with Gasteiger partial charge in [-0.05, 0) is 26.0 Å². The van der Waals surface area contributed by atoms with E-state index in [0.717, 1.165) is 11.0 Å². The van der Waals surface area contributed by atoms with Gasteiger partial charge in [-0.2, -0.15) is 0 Å². The Hall–Kier alpha value is -2.37. The Morgan fingerprint density at radius 3 is 2.74 bits per heavy atom. The third-order valence-corrected chi connectivity index (χ3v) is 3.75. The van der Waals surface area contributed by atoms with Crippen LogP contribution in [0, 0.1) is 0 Å². The number of para-hydroxylation sites is 2. The van der Waals surface area contributed by atoms with E-state index >= 15 is 0 Å². The maximum Gasteiger partial charge on any atom is 0.333 e. The highest BCUT2D eigenvalue weighted by atomic mass is 16.2. The molecule has 1 aromatic carbocycles. The van der Waals surface area contributed by atoms with Gasteiger partial charge in [0.15, 0.2) is 11.4 Å². The van der Waals surface area contributed by atoms with Crippen molar-refractivity contribution in [2.75, 3.05) is 12.4 Å². The molecule has 2 aromatic rings. The average Bonchev–Trinajstić information content (AvgIpc) is 2.73. The molecule has 0 fully saturated rings. The summed E-state index contributed by atoms with van der Waals surface area (Å²) in [5.41, 5.74) is 0.390. The Labute approximate surface area is 110 Å². The summed E-state index contributed by atoms with van der Waals surface area (Å²) >= 11 is 0. The van der Waals surface area contributed by atoms with Gasteiger partial charge in [-0.1, -0.05) is 12.1 Å². The number of fused-ring (bicyclic) bond motifs is 3. The molecule has 6 heteroatoms. The Kier molecular flexibility index (Phi) is 2.20. The van der Waals surface area contributed by atoms with Crippen LogP contribution < -0.4 is 5.32 Å². The minimum atomic E-state index is -1.06. The van der Waals surface area contributed by atoms with E-state index < -0.39 is 5.66 Å². The predicted molar refractivity (Wildman–Crippen MR) is 71.0 cm³/mol. The first-order valence-corrected chi connectivity index (χ1v) is 6.00. The van der Waals surface area contributed by atoms with Gasteiger partial charge in [-0.25, -0.2) is 14.3 Å². The lowest BCUT2D eigenvalue weighted by Crippen LogP contribution is -2.62. The third-order valence-electron chi connectivity index (χ3n) is 3.75. The highest BCUT2D eigenvalue weighted by Gasteiger charge is 2.44. The van der Waals surface area contributed by atoms with E-state index in [9.17, 15) is 9.59 Å². The number of nitrogens with zero attached hydrogens (tertiary/aromatic N) is 3. The van der Waals surface area contributed by atoms with Crippen molar-refractivity contribution in [3.63, 3.8) is 0 Å². The number of Topliss-reactive ketones (excluding diaryl/α,β-unsaturated/α-hetero) is 1. The quantitative estimate of drug-likeness (QED) is 0.844. The van der Waals surface area contributed by atoms with Crippen molar-refractivity contribution in [2.45, 2.75) is 19.5 Å². The molecular weight excluding hydrogens is 244 g/mol. The minimum Gasteiger partial charge on any atom is -0.326 e. The van der Waals surface area contributed by atoms with E-state index in [0.29, 0.717) is 5.95 Å². The second-order valence-corrected chi connectivity index (χ2v) is 4.85. The summed E-state index contributed by atoms with van der Waals surface area (Å²) in [7, 11) is 1.61. The molecule has 1 N–H and O–H groups in total. The SMILES string of the molecule is CC(=O)C1(C)Nc2nc3ccccc3n2C(=O)N1C. The number of carbonyl (C=O) groups excluding carboxylic acids is 2. The fraction of sp³-hybridized carbons (Fsp3) is 0.308. The number of likely N-dealkylation sites (N-methyl/N-ethyl adjacent to an activating group) is 1. The molecule has 1 amide bonds. The van der Waals surface area contributed by atoms with Gasteiger partial charge in [0.05, 0.1) is 11.0 Å². The molecule has 2 heterocycles. The number of aromatic nitrogens is 2. The number of carbonyl (C=O) groups is 2. The number of hydrogen-bond acceptors (Lipinski definition) is 4. The van der Waals surface area contributed by atoms with E-state index in [2.05, 4.69) is 10.3 Å². The van der Waals surface area contributed by atoms with E-state index in [1.165, 1.54) is 16.4 Å². The van der Waals surface area contributed by atoms with E-state index in [-0.39, 0.29) is 11.8 Å². The van der Waals surface area contributed by atoms with Crippen LogP contribution in [0.2, 0.25) is 0 Å². The molecule has 0 saturated heterocycles. The molecule has 0 saturated carbocycles. The normalized spacial score (nSPS) is 22.3. The number of ketones is 1. The summed E-state index contributed by atoms with van der Waals surface area (Å²) < 4.78 is 1.49. The van der Waals surface area contributed by atoms with Crippen LogP contribution in [-0.2, 0) is 4.79 Å². The zero-order valence-electron chi connectivity index (χ0n) is 11.0. The zero-order valence-corrected chi connectivity index (χ0v) is 11.0. The summed E-state index contributed by atoms with van der Waals surface area (Å²) in [5.74, 6) is 0.267. The second kappa shape index (κ2) is 3.57. The number of imidazole rings is 1. The molecule has 1 atom stereocenters. The van der Waals surface area contributed by atoms with Gasteiger partial charge < -0.3 is 5.32 Å². The summed E-state index contributed by atoms with van der Waals surface area (Å²) in [4.78, 5) is 30.0. The van der Waals surface area contributed by atoms with Crippen molar-refractivity contribution in [3.8, 4) is 0 Å². The molecule has 6 nitrogen and oxygen atoms in total. The molecule has 1 unspecified atom stereocenters. The Morgan fingerprint density at radius 2 is 2.05 bits per heavy atom. The largest absolute Gasteiger partial charge is 0.333 e. The predicted octanol–water partition coefficient (Wildman–Crippen LogP) is 1.67. The lowest BCUT2D eigenvalue weighted by Gasteiger charge is -2.41. The standard InChI is InChI=1S/C13H14N4O2/c1-8(18)13(2)15-11-14-9-6-4-5-7-10(9)17(11)12(19)16(13)3/h4-7H,1-3H3,(H,14,15). The number of amides is 1. The van der Waals surface area contributed by atoms with Gasteiger partial charge in [0, 0.05) is 7.05 Å². The molecule has 98 valence electrons. The first-order chi connectivity index (χ1) is 8.95. The van der Waals surface area contributed by atoms with Crippen molar-refractivity contribution in [1.29, 1.82) is 0 Å². The lowest BCUT2D eigenvalue weighted by atomic mass is 10.1. The topological polar surface area (TPSA) is 67.2 Å². The van der Waals surface area contributed by atoms with Gasteiger partial charge in [-0.3, -0.25) is 9.69 Å². The van der Waals surface area contributed by atoms with E-state index in [4.69, 9.17) is 0 Å². The number of hydrogen-bond donors (Lipinski definition) is 1. The highest BCUT2D eigenvalue weighted by molar-refractivity contribution is 6.00. The van der Waals surface area contributed by atoms with E-state index in [1.807, 2.05) is 24.3 Å². The number of nitrogens with one attached hydrogen (secondary N) is 1. The molecule has 0 radical (unpaired) electrons. The van der Waals surface area contributed by atoms with Crippen LogP contribution in [0.25, 0.3) is 11.0 Å². The summed E-state index contributed by atoms with van der Waals surface area (Å²) in [6, 6.07) is 7.11.